The van der Waals surface area contributed by atoms with Gasteiger partial charge in [-0.3, -0.25) is 4.79 Å². The summed E-state index contributed by atoms with van der Waals surface area (Å²) in [5.41, 5.74) is 2.84. The molecule has 1 aromatic heterocycles. The molecule has 1 fully saturated rings. The third kappa shape index (κ3) is 7.89. The Morgan fingerprint density at radius 1 is 0.957 bits per heavy atom. The summed E-state index contributed by atoms with van der Waals surface area (Å²) >= 11 is 0. The topological polar surface area (TPSA) is 122 Å². The van der Waals surface area contributed by atoms with Gasteiger partial charge in [0.2, 0.25) is 11.8 Å². The van der Waals surface area contributed by atoms with Gasteiger partial charge in [0.25, 0.3) is 15.9 Å². The summed E-state index contributed by atoms with van der Waals surface area (Å²) < 4.78 is 36.2. The Labute approximate surface area is 273 Å². The number of aromatic nitrogens is 2. The summed E-state index contributed by atoms with van der Waals surface area (Å²) in [5, 5.41) is 10.6. The summed E-state index contributed by atoms with van der Waals surface area (Å²) in [6.45, 7) is 14.8. The molecular weight excluding hydrogens is 600 g/mol. The van der Waals surface area contributed by atoms with E-state index in [-0.39, 0.29) is 52.5 Å². The zero-order valence-corrected chi connectivity index (χ0v) is 28.9. The van der Waals surface area contributed by atoms with Gasteiger partial charge in [0.15, 0.2) is 0 Å². The van der Waals surface area contributed by atoms with Crippen LogP contribution in [0.2, 0.25) is 0 Å². The molecule has 4 bridgehead atoms. The van der Waals surface area contributed by atoms with Crippen LogP contribution in [-0.4, -0.2) is 59.1 Å². The summed E-state index contributed by atoms with van der Waals surface area (Å²) in [6.07, 6.45) is 4.24. The maximum Gasteiger partial charge on any atom is 0.264 e. The number of hydrogen-bond donors (Lipinski definition) is 2. The lowest BCUT2D eigenvalue weighted by Gasteiger charge is -2.41. The Kier molecular flexibility index (Phi) is 9.53. The molecule has 0 saturated heterocycles. The first-order valence-electron chi connectivity index (χ1n) is 16.2. The molecule has 0 unspecified atom stereocenters. The minimum absolute atomic E-state index is 0.0425. The number of rotatable bonds is 5. The number of aryl methyl sites for hydroxylation is 2. The van der Waals surface area contributed by atoms with Crippen molar-refractivity contribution in [3.63, 3.8) is 0 Å². The number of fused-ring (bicyclic) bond motifs is 4. The van der Waals surface area contributed by atoms with Gasteiger partial charge in [0.05, 0.1) is 22.2 Å². The Balaban J connectivity index is 1.59. The fourth-order valence-corrected chi connectivity index (χ4v) is 7.90. The second-order valence-electron chi connectivity index (χ2n) is 14.9. The predicted octanol–water partition coefficient (Wildman–Crippen LogP) is 6.78. The smallest absolute Gasteiger partial charge is 0.264 e. The molecular formula is C36H48N4O5S. The quantitative estimate of drug-likeness (QED) is 0.313. The van der Waals surface area contributed by atoms with Crippen LogP contribution >= 0.6 is 0 Å². The molecule has 1 amide bonds. The van der Waals surface area contributed by atoms with Crippen LogP contribution in [0.5, 0.6) is 5.88 Å². The molecule has 2 aromatic carbocycles. The van der Waals surface area contributed by atoms with Crippen molar-refractivity contribution in [3.05, 3.63) is 65.2 Å². The fourth-order valence-electron chi connectivity index (χ4n) is 6.91. The first-order chi connectivity index (χ1) is 21.5. The van der Waals surface area contributed by atoms with E-state index >= 15 is 0 Å². The molecule has 5 rings (SSSR count). The number of nitrogens with zero attached hydrogens (tertiary/aromatic N) is 3. The minimum Gasteiger partial charge on any atom is -0.475 e. The van der Waals surface area contributed by atoms with Crippen molar-refractivity contribution >= 4 is 21.9 Å². The fraction of sp³-hybridized carbons (Fsp3) is 0.528. The average Bonchev–Trinajstić information content (AvgIpc) is 2.96. The van der Waals surface area contributed by atoms with E-state index in [1.807, 2.05) is 50.8 Å². The number of carbonyl (C=O) groups excluding carboxylic acids is 1. The van der Waals surface area contributed by atoms with Gasteiger partial charge in [0.1, 0.15) is 6.61 Å². The van der Waals surface area contributed by atoms with Gasteiger partial charge in [-0.1, -0.05) is 45.0 Å². The molecule has 2 N–H and O–H groups in total. The van der Waals surface area contributed by atoms with E-state index in [4.69, 9.17) is 4.74 Å². The highest BCUT2D eigenvalue weighted by Crippen LogP contribution is 2.37. The number of aliphatic hydroxyl groups is 1. The molecule has 46 heavy (non-hydrogen) atoms. The highest BCUT2D eigenvalue weighted by molar-refractivity contribution is 7.92. The van der Waals surface area contributed by atoms with Crippen LogP contribution in [0.15, 0.2) is 53.4 Å². The zero-order chi connectivity index (χ0) is 33.4. The van der Waals surface area contributed by atoms with Crippen molar-refractivity contribution in [1.29, 1.82) is 0 Å². The summed E-state index contributed by atoms with van der Waals surface area (Å²) in [5.74, 6) is 0.367. The van der Waals surface area contributed by atoms with E-state index in [2.05, 4.69) is 35.5 Å². The predicted molar refractivity (Wildman–Crippen MR) is 180 cm³/mol. The molecule has 0 spiro atoms. The third-order valence-electron chi connectivity index (χ3n) is 9.33. The summed E-state index contributed by atoms with van der Waals surface area (Å²) in [4.78, 5) is 25.4. The van der Waals surface area contributed by atoms with Gasteiger partial charge >= 0.3 is 0 Å². The average molecular weight is 649 g/mol. The Bertz CT molecular complexity index is 1660. The van der Waals surface area contributed by atoms with Crippen LogP contribution in [0.4, 0.5) is 5.95 Å². The normalized spacial score (nSPS) is 22.1. The third-order valence-corrected chi connectivity index (χ3v) is 10.7. The van der Waals surface area contributed by atoms with Crippen molar-refractivity contribution in [2.75, 3.05) is 17.9 Å². The number of benzene rings is 2. The largest absolute Gasteiger partial charge is 0.475 e. The summed E-state index contributed by atoms with van der Waals surface area (Å²) in [7, 11) is -4.13. The van der Waals surface area contributed by atoms with Crippen LogP contribution in [0.25, 0.3) is 11.3 Å². The number of ether oxygens (including phenoxy) is 1. The molecule has 10 heteroatoms. The van der Waals surface area contributed by atoms with E-state index in [0.717, 1.165) is 42.4 Å². The monoisotopic (exact) mass is 648 g/mol. The molecule has 1 atom stereocenters. The highest BCUT2D eigenvalue weighted by atomic mass is 32.2. The second kappa shape index (κ2) is 13.0. The van der Waals surface area contributed by atoms with Crippen molar-refractivity contribution in [2.24, 2.45) is 17.3 Å². The van der Waals surface area contributed by atoms with E-state index in [0.29, 0.717) is 24.2 Å². The van der Waals surface area contributed by atoms with Gasteiger partial charge in [-0.25, -0.2) is 18.1 Å². The standard InChI is InChI=1S/C36H48N4O5S/c1-23-10-8-11-24(2)32(23)30-19-31-38-34(37-30)39-46(43,44)29-13-9-12-26(18-29)33(41)40(28(22-45-31)20-35(3,4)5)21-25-14-16-27(17-15-25)36(6,7)42/h8-13,18-19,25,27-28,42H,14-17,20-22H2,1-7H3,(H,37,38,39)/t25?,27?,28-/m1/s1. The Morgan fingerprint density at radius 2 is 1.61 bits per heavy atom. The maximum atomic E-state index is 14.4. The van der Waals surface area contributed by atoms with E-state index in [9.17, 15) is 18.3 Å². The summed E-state index contributed by atoms with van der Waals surface area (Å²) in [6, 6.07) is 13.6. The van der Waals surface area contributed by atoms with Gasteiger partial charge in [-0.15, -0.1) is 0 Å². The number of anilines is 1. The number of sulfonamides is 1. The van der Waals surface area contributed by atoms with E-state index in [1.165, 1.54) is 12.1 Å². The zero-order valence-electron chi connectivity index (χ0n) is 28.1. The maximum absolute atomic E-state index is 14.4. The van der Waals surface area contributed by atoms with Gasteiger partial charge in [0, 0.05) is 23.7 Å². The van der Waals surface area contributed by atoms with E-state index < -0.39 is 15.6 Å². The molecule has 1 saturated carbocycles. The van der Waals surface area contributed by atoms with Crippen molar-refractivity contribution in [2.45, 2.75) is 97.1 Å². The number of carbonyl (C=O) groups is 1. The second-order valence-corrected chi connectivity index (χ2v) is 16.6. The lowest BCUT2D eigenvalue weighted by Crippen LogP contribution is -2.48. The molecule has 248 valence electrons. The van der Waals surface area contributed by atoms with Crippen LogP contribution in [0.3, 0.4) is 0 Å². The van der Waals surface area contributed by atoms with E-state index in [1.54, 1.807) is 18.2 Å². The molecule has 3 aromatic rings. The molecule has 2 aliphatic rings. The lowest BCUT2D eigenvalue weighted by molar-refractivity contribution is -0.0104. The van der Waals surface area contributed by atoms with Crippen LogP contribution < -0.4 is 9.46 Å². The number of nitrogens with one attached hydrogen (secondary N) is 1. The first-order valence-corrected chi connectivity index (χ1v) is 17.7. The van der Waals surface area contributed by atoms with Crippen molar-refractivity contribution in [1.82, 2.24) is 14.9 Å². The molecule has 1 aliphatic heterocycles. The van der Waals surface area contributed by atoms with Crippen LogP contribution in [0, 0.1) is 31.1 Å². The van der Waals surface area contributed by atoms with Gasteiger partial charge in [-0.2, -0.15) is 4.98 Å². The molecule has 1 aliphatic carbocycles. The molecule has 0 radical (unpaired) electrons. The highest BCUT2D eigenvalue weighted by Gasteiger charge is 2.36. The first kappa shape index (κ1) is 33.9. The lowest BCUT2D eigenvalue weighted by atomic mass is 9.74. The SMILES string of the molecule is Cc1cccc(C)c1-c1cc2nc(n1)NS(=O)(=O)c1cccc(c1)C(=O)N(CC1CCC(C(C)(C)O)CC1)[C@H](CC(C)(C)C)CO2. The Morgan fingerprint density at radius 3 is 2.24 bits per heavy atom. The van der Waals surface area contributed by atoms with Gasteiger partial charge < -0.3 is 14.7 Å². The Hall–Kier alpha value is -3.50. The van der Waals surface area contributed by atoms with Crippen molar-refractivity contribution < 1.29 is 23.1 Å². The number of hydrogen-bond acceptors (Lipinski definition) is 7. The van der Waals surface area contributed by atoms with Gasteiger partial charge in [-0.05, 0) is 106 Å². The van der Waals surface area contributed by atoms with Crippen LogP contribution in [0.1, 0.15) is 88.2 Å². The number of amides is 1. The minimum atomic E-state index is -4.13. The molecule has 2 heterocycles. The molecule has 9 nitrogen and oxygen atoms in total. The van der Waals surface area contributed by atoms with Crippen LogP contribution in [-0.2, 0) is 10.0 Å². The van der Waals surface area contributed by atoms with Crippen molar-refractivity contribution in [3.8, 4) is 17.1 Å².